The summed E-state index contributed by atoms with van der Waals surface area (Å²) in [7, 11) is 3.55. The van der Waals surface area contributed by atoms with Crippen LogP contribution in [0.2, 0.25) is 0 Å². The highest BCUT2D eigenvalue weighted by molar-refractivity contribution is 5.87. The van der Waals surface area contributed by atoms with E-state index in [4.69, 9.17) is 5.11 Å². The van der Waals surface area contributed by atoms with Crippen LogP contribution in [0.1, 0.15) is 34.6 Å². The van der Waals surface area contributed by atoms with Gasteiger partial charge in [-0.1, -0.05) is 0 Å². The van der Waals surface area contributed by atoms with Crippen molar-refractivity contribution in [3.05, 3.63) is 35.4 Å². The maximum Gasteiger partial charge on any atom is 0.338 e. The molecule has 0 radical (unpaired) electrons. The Hall–Kier alpha value is -2.64. The molecule has 0 aliphatic heterocycles. The Kier molecular flexibility index (Phi) is 4.30. The van der Waals surface area contributed by atoms with E-state index in [2.05, 4.69) is 10.2 Å². The van der Waals surface area contributed by atoms with Crippen LogP contribution in [0.25, 0.3) is 0 Å². The molecule has 1 N–H and O–H groups in total. The second-order valence-corrected chi connectivity index (χ2v) is 5.26. The standard InChI is InChI=1S/C14H19N5O3/c1-9-11(5-15-18(9)4)7-17(3)13(20)10(2)19-8-12(6-16-19)14(21)22/h5-6,8,10H,7H2,1-4H3,(H,21,22). The van der Waals surface area contributed by atoms with E-state index in [9.17, 15) is 9.59 Å². The van der Waals surface area contributed by atoms with Gasteiger partial charge in [0, 0.05) is 38.1 Å². The zero-order valence-corrected chi connectivity index (χ0v) is 13.0. The number of carboxylic acids is 1. The molecule has 2 aromatic rings. The van der Waals surface area contributed by atoms with Gasteiger partial charge in [0.2, 0.25) is 5.91 Å². The molecule has 2 heterocycles. The molecule has 0 aromatic carbocycles. The predicted molar refractivity (Wildman–Crippen MR) is 78.3 cm³/mol. The van der Waals surface area contributed by atoms with Gasteiger partial charge in [-0.05, 0) is 13.8 Å². The lowest BCUT2D eigenvalue weighted by molar-refractivity contribution is -0.133. The van der Waals surface area contributed by atoms with Crippen LogP contribution < -0.4 is 0 Å². The third kappa shape index (κ3) is 3.00. The maximum absolute atomic E-state index is 12.4. The van der Waals surface area contributed by atoms with E-state index in [0.717, 1.165) is 11.3 Å². The summed E-state index contributed by atoms with van der Waals surface area (Å²) in [5.74, 6) is -1.21. The fraction of sp³-hybridized carbons (Fsp3) is 0.429. The number of aromatic carboxylic acids is 1. The van der Waals surface area contributed by atoms with Crippen molar-refractivity contribution in [3.8, 4) is 0 Å². The van der Waals surface area contributed by atoms with Crippen molar-refractivity contribution < 1.29 is 14.7 Å². The van der Waals surface area contributed by atoms with Crippen molar-refractivity contribution >= 4 is 11.9 Å². The first-order chi connectivity index (χ1) is 10.3. The van der Waals surface area contributed by atoms with Gasteiger partial charge in [-0.25, -0.2) is 4.79 Å². The molecule has 22 heavy (non-hydrogen) atoms. The van der Waals surface area contributed by atoms with Crippen LogP contribution in [-0.4, -0.2) is 48.5 Å². The third-order valence-corrected chi connectivity index (χ3v) is 3.72. The Morgan fingerprint density at radius 2 is 2.05 bits per heavy atom. The van der Waals surface area contributed by atoms with Gasteiger partial charge in [0.25, 0.3) is 0 Å². The Balaban J connectivity index is 2.08. The van der Waals surface area contributed by atoms with Gasteiger partial charge in [0.15, 0.2) is 0 Å². The molecule has 1 amide bonds. The summed E-state index contributed by atoms with van der Waals surface area (Å²) in [6.07, 6.45) is 4.33. The zero-order chi connectivity index (χ0) is 16.4. The second-order valence-electron chi connectivity index (χ2n) is 5.26. The highest BCUT2D eigenvalue weighted by Crippen LogP contribution is 2.14. The molecule has 8 heteroatoms. The average Bonchev–Trinajstić information content (AvgIpc) is 3.08. The summed E-state index contributed by atoms with van der Waals surface area (Å²) in [6, 6.07) is -0.574. The van der Waals surface area contributed by atoms with Crippen LogP contribution in [-0.2, 0) is 18.4 Å². The van der Waals surface area contributed by atoms with Crippen molar-refractivity contribution in [1.82, 2.24) is 24.5 Å². The molecule has 0 saturated heterocycles. The number of carboxylic acid groups (broad SMARTS) is 1. The van der Waals surface area contributed by atoms with Crippen LogP contribution in [0.3, 0.4) is 0 Å². The van der Waals surface area contributed by atoms with Gasteiger partial charge >= 0.3 is 5.97 Å². The Labute approximate surface area is 127 Å². The number of hydrogen-bond donors (Lipinski definition) is 1. The summed E-state index contributed by atoms with van der Waals surface area (Å²) in [5, 5.41) is 17.0. The molecule has 118 valence electrons. The fourth-order valence-electron chi connectivity index (χ4n) is 2.13. The summed E-state index contributed by atoms with van der Waals surface area (Å²) in [4.78, 5) is 24.9. The molecule has 2 aromatic heterocycles. The summed E-state index contributed by atoms with van der Waals surface area (Å²) in [5.41, 5.74) is 2.03. The number of aryl methyl sites for hydroxylation is 1. The largest absolute Gasteiger partial charge is 0.478 e. The zero-order valence-electron chi connectivity index (χ0n) is 13.0. The molecule has 1 atom stereocenters. The van der Waals surface area contributed by atoms with Crippen molar-refractivity contribution in [3.63, 3.8) is 0 Å². The Morgan fingerprint density at radius 3 is 2.55 bits per heavy atom. The number of likely N-dealkylation sites (N-methyl/N-ethyl adjacent to an activating group) is 1. The lowest BCUT2D eigenvalue weighted by atomic mass is 10.2. The monoisotopic (exact) mass is 305 g/mol. The average molecular weight is 305 g/mol. The number of carbonyl (C=O) groups is 2. The number of rotatable bonds is 5. The van der Waals surface area contributed by atoms with Gasteiger partial charge in [-0.15, -0.1) is 0 Å². The number of carbonyl (C=O) groups excluding carboxylic acids is 1. The molecule has 0 aliphatic rings. The number of hydrogen-bond acceptors (Lipinski definition) is 4. The highest BCUT2D eigenvalue weighted by Gasteiger charge is 2.22. The topological polar surface area (TPSA) is 93.2 Å². The summed E-state index contributed by atoms with van der Waals surface area (Å²) >= 11 is 0. The van der Waals surface area contributed by atoms with E-state index in [-0.39, 0.29) is 11.5 Å². The van der Waals surface area contributed by atoms with E-state index in [1.807, 2.05) is 14.0 Å². The van der Waals surface area contributed by atoms with Gasteiger partial charge in [0.1, 0.15) is 6.04 Å². The first-order valence-corrected chi connectivity index (χ1v) is 6.81. The highest BCUT2D eigenvalue weighted by atomic mass is 16.4. The molecule has 8 nitrogen and oxygen atoms in total. The van der Waals surface area contributed by atoms with Crippen LogP contribution in [0.15, 0.2) is 18.6 Å². The van der Waals surface area contributed by atoms with E-state index in [1.165, 1.54) is 17.1 Å². The van der Waals surface area contributed by atoms with E-state index in [0.29, 0.717) is 6.54 Å². The predicted octanol–water partition coefficient (Wildman–Crippen LogP) is 0.843. The summed E-state index contributed by atoms with van der Waals surface area (Å²) in [6.45, 7) is 4.07. The third-order valence-electron chi connectivity index (χ3n) is 3.72. The molecule has 1 unspecified atom stereocenters. The van der Waals surface area contributed by atoms with E-state index in [1.54, 1.807) is 29.7 Å². The van der Waals surface area contributed by atoms with Gasteiger partial charge in [0.05, 0.1) is 18.0 Å². The van der Waals surface area contributed by atoms with Crippen molar-refractivity contribution in [2.24, 2.45) is 7.05 Å². The van der Waals surface area contributed by atoms with Crippen LogP contribution in [0, 0.1) is 6.92 Å². The molecule has 2 rings (SSSR count). The molecular formula is C14H19N5O3. The quantitative estimate of drug-likeness (QED) is 0.883. The van der Waals surface area contributed by atoms with Gasteiger partial charge in [-0.2, -0.15) is 10.2 Å². The van der Waals surface area contributed by atoms with Crippen molar-refractivity contribution in [1.29, 1.82) is 0 Å². The molecule has 0 saturated carbocycles. The fourth-order valence-corrected chi connectivity index (χ4v) is 2.13. The lowest BCUT2D eigenvalue weighted by Crippen LogP contribution is -2.33. The van der Waals surface area contributed by atoms with Crippen molar-refractivity contribution in [2.45, 2.75) is 26.4 Å². The molecule has 0 aliphatic carbocycles. The minimum Gasteiger partial charge on any atom is -0.478 e. The first-order valence-electron chi connectivity index (χ1n) is 6.81. The van der Waals surface area contributed by atoms with Crippen LogP contribution in [0.5, 0.6) is 0 Å². The van der Waals surface area contributed by atoms with Gasteiger partial charge in [-0.3, -0.25) is 14.2 Å². The first kappa shape index (κ1) is 15.7. The molecule has 0 fully saturated rings. The molecule has 0 spiro atoms. The normalized spacial score (nSPS) is 12.2. The van der Waals surface area contributed by atoms with E-state index >= 15 is 0 Å². The second kappa shape index (κ2) is 6.00. The molecule has 0 bridgehead atoms. The number of aromatic nitrogens is 4. The van der Waals surface area contributed by atoms with Crippen LogP contribution in [0.4, 0.5) is 0 Å². The SMILES string of the molecule is Cc1c(CN(C)C(=O)C(C)n2cc(C(=O)O)cn2)cnn1C. The summed E-state index contributed by atoms with van der Waals surface area (Å²) < 4.78 is 3.11. The van der Waals surface area contributed by atoms with Crippen molar-refractivity contribution in [2.75, 3.05) is 7.05 Å². The Morgan fingerprint density at radius 1 is 1.36 bits per heavy atom. The minimum atomic E-state index is -1.06. The van der Waals surface area contributed by atoms with Crippen LogP contribution >= 0.6 is 0 Å². The van der Waals surface area contributed by atoms with Gasteiger partial charge < -0.3 is 10.0 Å². The minimum absolute atomic E-state index is 0.0606. The molecular weight excluding hydrogens is 286 g/mol. The number of nitrogens with zero attached hydrogens (tertiary/aromatic N) is 5. The lowest BCUT2D eigenvalue weighted by Gasteiger charge is -2.21. The maximum atomic E-state index is 12.4. The Bertz CT molecular complexity index is 703. The smallest absolute Gasteiger partial charge is 0.338 e. The van der Waals surface area contributed by atoms with E-state index < -0.39 is 12.0 Å². The number of amides is 1.